The van der Waals surface area contributed by atoms with Crippen LogP contribution in [0.4, 0.5) is 10.8 Å². The number of carbonyl (C=O) groups is 3. The van der Waals surface area contributed by atoms with Crippen LogP contribution in [0, 0.1) is 5.92 Å². The summed E-state index contributed by atoms with van der Waals surface area (Å²) in [5.41, 5.74) is 2.93. The fourth-order valence-corrected chi connectivity index (χ4v) is 4.89. The van der Waals surface area contributed by atoms with Crippen molar-refractivity contribution in [2.45, 2.75) is 25.7 Å². The van der Waals surface area contributed by atoms with Crippen LogP contribution in [0.5, 0.6) is 0 Å². The topological polar surface area (TPSA) is 91.8 Å². The Morgan fingerprint density at radius 3 is 2.87 bits per heavy atom. The molecule has 2 aliphatic heterocycles. The van der Waals surface area contributed by atoms with Gasteiger partial charge in [-0.05, 0) is 31.5 Å². The molecule has 8 nitrogen and oxygen atoms in total. The van der Waals surface area contributed by atoms with Crippen LogP contribution in [0.15, 0.2) is 23.6 Å². The molecule has 0 bridgehead atoms. The third-order valence-corrected chi connectivity index (χ3v) is 6.81. The molecule has 1 aromatic heterocycles. The van der Waals surface area contributed by atoms with Crippen LogP contribution < -0.4 is 10.2 Å². The van der Waals surface area contributed by atoms with Gasteiger partial charge in [-0.2, -0.15) is 0 Å². The number of ether oxygens (including phenoxy) is 1. The molecule has 9 heteroatoms. The largest absolute Gasteiger partial charge is 0.383 e. The lowest BCUT2D eigenvalue weighted by molar-refractivity contribution is -0.128. The average molecular weight is 443 g/mol. The number of rotatable bonds is 6. The molecular weight excluding hydrogens is 416 g/mol. The zero-order valence-corrected chi connectivity index (χ0v) is 18.9. The normalized spacial score (nSPS) is 19.8. The lowest BCUT2D eigenvalue weighted by Gasteiger charge is -2.16. The van der Waals surface area contributed by atoms with Crippen LogP contribution in [0.3, 0.4) is 0 Å². The van der Waals surface area contributed by atoms with E-state index in [9.17, 15) is 14.4 Å². The maximum Gasteiger partial charge on any atom is 0.236 e. The van der Waals surface area contributed by atoms with Crippen LogP contribution in [0.2, 0.25) is 0 Å². The van der Waals surface area contributed by atoms with Crippen molar-refractivity contribution in [2.24, 2.45) is 5.92 Å². The molecule has 3 amide bonds. The Labute approximate surface area is 185 Å². The number of benzene rings is 1. The van der Waals surface area contributed by atoms with E-state index in [-0.39, 0.29) is 30.1 Å². The van der Waals surface area contributed by atoms with Crippen molar-refractivity contribution in [1.29, 1.82) is 0 Å². The SMILES string of the molecule is COCCN1CC(C(=O)Nc2nc(-c3ccc4c(c3)C(C)(C)C(=O)N4C)cs2)CC1=O. The zero-order valence-electron chi connectivity index (χ0n) is 18.1. The molecule has 1 N–H and O–H groups in total. The highest BCUT2D eigenvalue weighted by Gasteiger charge is 2.42. The minimum absolute atomic E-state index is 0.0303. The Hall–Kier alpha value is -2.78. The number of thiazole rings is 1. The van der Waals surface area contributed by atoms with E-state index >= 15 is 0 Å². The predicted molar refractivity (Wildman–Crippen MR) is 119 cm³/mol. The summed E-state index contributed by atoms with van der Waals surface area (Å²) in [5, 5.41) is 5.23. The first kappa shape index (κ1) is 21.5. The molecule has 0 spiro atoms. The molecule has 1 atom stereocenters. The number of hydrogen-bond donors (Lipinski definition) is 1. The number of nitrogens with one attached hydrogen (secondary N) is 1. The summed E-state index contributed by atoms with van der Waals surface area (Å²) in [5.74, 6) is -0.552. The second-order valence-corrected chi connectivity index (χ2v) is 9.34. The smallest absolute Gasteiger partial charge is 0.236 e. The van der Waals surface area contributed by atoms with Crippen molar-refractivity contribution in [1.82, 2.24) is 9.88 Å². The van der Waals surface area contributed by atoms with E-state index < -0.39 is 5.41 Å². The molecule has 1 saturated heterocycles. The maximum atomic E-state index is 12.6. The van der Waals surface area contributed by atoms with Crippen molar-refractivity contribution < 1.29 is 19.1 Å². The zero-order chi connectivity index (χ0) is 22.3. The number of amides is 3. The first-order valence-electron chi connectivity index (χ1n) is 10.2. The molecule has 1 fully saturated rings. The number of nitrogens with zero attached hydrogens (tertiary/aromatic N) is 3. The highest BCUT2D eigenvalue weighted by molar-refractivity contribution is 7.14. The van der Waals surface area contributed by atoms with E-state index in [0.717, 1.165) is 22.5 Å². The van der Waals surface area contributed by atoms with Crippen molar-refractivity contribution in [3.8, 4) is 11.3 Å². The van der Waals surface area contributed by atoms with Gasteiger partial charge in [-0.15, -0.1) is 11.3 Å². The van der Waals surface area contributed by atoms with Crippen LogP contribution in [0.25, 0.3) is 11.3 Å². The summed E-state index contributed by atoms with van der Waals surface area (Å²) in [6.45, 7) is 5.19. The van der Waals surface area contributed by atoms with E-state index in [2.05, 4.69) is 10.3 Å². The monoisotopic (exact) mass is 442 g/mol. The summed E-state index contributed by atoms with van der Waals surface area (Å²) in [6.07, 6.45) is 0.204. The fourth-order valence-electron chi connectivity index (χ4n) is 4.17. The first-order valence-corrected chi connectivity index (χ1v) is 11.1. The highest BCUT2D eigenvalue weighted by Crippen LogP contribution is 2.42. The van der Waals surface area contributed by atoms with E-state index in [4.69, 9.17) is 4.74 Å². The third kappa shape index (κ3) is 3.83. The molecule has 4 rings (SSSR count). The van der Waals surface area contributed by atoms with Crippen molar-refractivity contribution in [3.63, 3.8) is 0 Å². The first-order chi connectivity index (χ1) is 14.7. The molecular formula is C22H26N4O4S. The van der Waals surface area contributed by atoms with Crippen LogP contribution in [0.1, 0.15) is 25.8 Å². The van der Waals surface area contributed by atoms with Crippen molar-refractivity contribution in [2.75, 3.05) is 44.1 Å². The molecule has 0 aliphatic carbocycles. The van der Waals surface area contributed by atoms with Crippen molar-refractivity contribution >= 4 is 39.9 Å². The Morgan fingerprint density at radius 2 is 2.13 bits per heavy atom. The van der Waals surface area contributed by atoms with Gasteiger partial charge in [0.2, 0.25) is 17.7 Å². The fraction of sp³-hybridized carbons (Fsp3) is 0.455. The highest BCUT2D eigenvalue weighted by atomic mass is 32.1. The number of methoxy groups -OCH3 is 1. The van der Waals surface area contributed by atoms with Gasteiger partial charge in [0.25, 0.3) is 0 Å². The molecule has 0 saturated carbocycles. The van der Waals surface area contributed by atoms with Gasteiger partial charge in [-0.25, -0.2) is 4.98 Å². The molecule has 1 unspecified atom stereocenters. The summed E-state index contributed by atoms with van der Waals surface area (Å²) in [4.78, 5) is 45.1. The van der Waals surface area contributed by atoms with Gasteiger partial charge < -0.3 is 19.9 Å². The number of carbonyl (C=O) groups excluding carboxylic acids is 3. The lowest BCUT2D eigenvalue weighted by atomic mass is 9.85. The van der Waals surface area contributed by atoms with Crippen LogP contribution >= 0.6 is 11.3 Å². The second-order valence-electron chi connectivity index (χ2n) is 8.48. The number of aromatic nitrogens is 1. The Morgan fingerprint density at radius 1 is 1.35 bits per heavy atom. The lowest BCUT2D eigenvalue weighted by Crippen LogP contribution is -2.33. The van der Waals surface area contributed by atoms with Gasteiger partial charge in [-0.1, -0.05) is 6.07 Å². The quantitative estimate of drug-likeness (QED) is 0.742. The molecule has 2 aromatic rings. The Balaban J connectivity index is 1.46. The molecule has 1 aromatic carbocycles. The van der Waals surface area contributed by atoms with E-state index in [1.807, 2.05) is 37.4 Å². The summed E-state index contributed by atoms with van der Waals surface area (Å²) < 4.78 is 5.02. The van der Waals surface area contributed by atoms with Crippen LogP contribution in [-0.2, 0) is 24.5 Å². The van der Waals surface area contributed by atoms with E-state index in [1.54, 1.807) is 24.0 Å². The number of anilines is 2. The number of likely N-dealkylation sites (tertiary alicyclic amines) is 1. The average Bonchev–Trinajstić information content (AvgIpc) is 3.40. The molecule has 2 aliphatic rings. The number of hydrogen-bond acceptors (Lipinski definition) is 6. The van der Waals surface area contributed by atoms with Gasteiger partial charge >= 0.3 is 0 Å². The summed E-state index contributed by atoms with van der Waals surface area (Å²) in [6, 6.07) is 5.88. The van der Waals surface area contributed by atoms with Gasteiger partial charge in [0.1, 0.15) is 0 Å². The van der Waals surface area contributed by atoms with Crippen molar-refractivity contribution in [3.05, 3.63) is 29.1 Å². The summed E-state index contributed by atoms with van der Waals surface area (Å²) >= 11 is 1.34. The van der Waals surface area contributed by atoms with Crippen LogP contribution in [-0.4, -0.2) is 61.5 Å². The molecule has 164 valence electrons. The standard InChI is InChI=1S/C22H26N4O4S/c1-22(2)15-9-13(5-6-17(15)25(3)20(22)29)16-12-31-21(23-16)24-19(28)14-10-18(27)26(11-14)7-8-30-4/h5-6,9,12,14H,7-8,10-11H2,1-4H3,(H,23,24,28). The molecule has 0 radical (unpaired) electrons. The predicted octanol–water partition coefficient (Wildman–Crippen LogP) is 2.50. The van der Waals surface area contributed by atoms with E-state index in [1.165, 1.54) is 11.3 Å². The Bertz CT molecular complexity index is 1050. The second kappa shape index (κ2) is 8.05. The molecule has 31 heavy (non-hydrogen) atoms. The number of fused-ring (bicyclic) bond motifs is 1. The molecule has 3 heterocycles. The Kier molecular flexibility index (Phi) is 5.57. The van der Waals surface area contributed by atoms with Gasteiger partial charge in [0.15, 0.2) is 5.13 Å². The third-order valence-electron chi connectivity index (χ3n) is 6.05. The maximum absolute atomic E-state index is 12.6. The number of likely N-dealkylation sites (N-methyl/N-ethyl adjacent to an activating group) is 1. The summed E-state index contributed by atoms with van der Waals surface area (Å²) in [7, 11) is 3.37. The van der Waals surface area contributed by atoms with Gasteiger partial charge in [0.05, 0.1) is 23.6 Å². The van der Waals surface area contributed by atoms with E-state index in [0.29, 0.717) is 24.8 Å². The van der Waals surface area contributed by atoms with Gasteiger partial charge in [-0.3, -0.25) is 14.4 Å². The minimum atomic E-state index is -0.586. The minimum Gasteiger partial charge on any atom is -0.383 e. The van der Waals surface area contributed by atoms with Gasteiger partial charge in [0, 0.05) is 50.3 Å².